The Morgan fingerprint density at radius 2 is 2.25 bits per heavy atom. The molecule has 0 aliphatic rings. The van der Waals surface area contributed by atoms with Gasteiger partial charge in [0.1, 0.15) is 0 Å². The van der Waals surface area contributed by atoms with Crippen molar-refractivity contribution in [2.24, 2.45) is 0 Å². The molecule has 0 N–H and O–H groups in total. The van der Waals surface area contributed by atoms with Crippen molar-refractivity contribution in [2.75, 3.05) is 0 Å². The van der Waals surface area contributed by atoms with Gasteiger partial charge in [-0.3, -0.25) is 0 Å². The molecule has 0 aromatic carbocycles. The Bertz CT molecular complexity index is 103. The van der Waals surface area contributed by atoms with Gasteiger partial charge in [-0.25, -0.2) is 0 Å². The molecule has 0 radical (unpaired) electrons. The molecule has 0 aliphatic heterocycles. The molecule has 0 heterocycles. The highest BCUT2D eigenvalue weighted by atomic mass is 35.5. The Morgan fingerprint density at radius 1 is 1.62 bits per heavy atom. The van der Waals surface area contributed by atoms with Crippen molar-refractivity contribution < 1.29 is 0 Å². The predicted octanol–water partition coefficient (Wildman–Crippen LogP) is 3.27. The second-order valence-electron chi connectivity index (χ2n) is 1.29. The molecule has 46 valence electrons. The van der Waals surface area contributed by atoms with E-state index in [0.29, 0.717) is 5.03 Å². The third kappa shape index (κ3) is 4.23. The summed E-state index contributed by atoms with van der Waals surface area (Å²) in [6, 6.07) is 0. The average Bonchev–Trinajstić information content (AvgIpc) is 1.68. The van der Waals surface area contributed by atoms with Crippen LogP contribution in [-0.2, 0) is 0 Å². The minimum atomic E-state index is 0.697. The first-order chi connectivity index (χ1) is 3.81. The van der Waals surface area contributed by atoms with Crippen molar-refractivity contribution >= 4 is 23.2 Å². The summed E-state index contributed by atoms with van der Waals surface area (Å²) in [5.74, 6) is 0. The summed E-state index contributed by atoms with van der Waals surface area (Å²) in [6.45, 7) is 2.02. The molecule has 0 fully saturated rings. The zero-order chi connectivity index (χ0) is 6.41. The third-order valence-electron chi connectivity index (χ3n) is 0.621. The van der Waals surface area contributed by atoms with Crippen LogP contribution >= 0.6 is 23.2 Å². The molecular formula is C6H8Cl2. The van der Waals surface area contributed by atoms with Crippen molar-refractivity contribution in [1.29, 1.82) is 0 Å². The van der Waals surface area contributed by atoms with Crippen LogP contribution in [0.1, 0.15) is 13.3 Å². The smallest absolute Gasteiger partial charge is 0.0374 e. The highest BCUT2D eigenvalue weighted by Crippen LogP contribution is 2.04. The van der Waals surface area contributed by atoms with Gasteiger partial charge in [-0.1, -0.05) is 36.2 Å². The predicted molar refractivity (Wildman–Crippen MR) is 39.2 cm³/mol. The van der Waals surface area contributed by atoms with Crippen molar-refractivity contribution in [3.63, 3.8) is 0 Å². The quantitative estimate of drug-likeness (QED) is 0.531. The fraction of sp³-hybridized carbons (Fsp3) is 0.333. The van der Waals surface area contributed by atoms with Crippen molar-refractivity contribution in [2.45, 2.75) is 13.3 Å². The Balaban J connectivity index is 3.61. The molecule has 0 saturated carbocycles. The van der Waals surface area contributed by atoms with E-state index < -0.39 is 0 Å². The molecule has 0 bridgehead atoms. The largest absolute Gasteiger partial charge is 0.0929 e. The Labute approximate surface area is 59.8 Å². The highest BCUT2D eigenvalue weighted by molar-refractivity contribution is 6.32. The average molecular weight is 151 g/mol. The molecule has 0 amide bonds. The fourth-order valence-corrected chi connectivity index (χ4v) is 0.741. The van der Waals surface area contributed by atoms with Crippen LogP contribution in [0.25, 0.3) is 0 Å². The summed E-state index contributed by atoms with van der Waals surface area (Å²) < 4.78 is 0. The van der Waals surface area contributed by atoms with Gasteiger partial charge in [0.2, 0.25) is 0 Å². The van der Waals surface area contributed by atoms with Gasteiger partial charge < -0.3 is 0 Å². The SMILES string of the molecule is CC/C=C(Cl)\C=C\Cl. The lowest BCUT2D eigenvalue weighted by Gasteiger charge is -1.81. The Kier molecular flexibility index (Phi) is 5.24. The van der Waals surface area contributed by atoms with Crippen LogP contribution in [-0.4, -0.2) is 0 Å². The van der Waals surface area contributed by atoms with Gasteiger partial charge in [0.15, 0.2) is 0 Å². The minimum absolute atomic E-state index is 0.697. The van der Waals surface area contributed by atoms with Crippen LogP contribution in [0.4, 0.5) is 0 Å². The first kappa shape index (κ1) is 8.06. The van der Waals surface area contributed by atoms with E-state index in [1.807, 2.05) is 13.0 Å². The maximum atomic E-state index is 5.57. The van der Waals surface area contributed by atoms with Gasteiger partial charge in [0.25, 0.3) is 0 Å². The summed E-state index contributed by atoms with van der Waals surface area (Å²) >= 11 is 10.8. The van der Waals surface area contributed by atoms with Crippen molar-refractivity contribution in [3.8, 4) is 0 Å². The lowest BCUT2D eigenvalue weighted by Crippen LogP contribution is -1.59. The van der Waals surface area contributed by atoms with E-state index in [0.717, 1.165) is 6.42 Å². The highest BCUT2D eigenvalue weighted by Gasteiger charge is 1.77. The molecule has 0 aliphatic carbocycles. The first-order valence-electron chi connectivity index (χ1n) is 2.43. The monoisotopic (exact) mass is 150 g/mol. The summed E-state index contributed by atoms with van der Waals surface area (Å²) in [5.41, 5.74) is 1.40. The van der Waals surface area contributed by atoms with Crippen molar-refractivity contribution in [3.05, 3.63) is 22.7 Å². The summed E-state index contributed by atoms with van der Waals surface area (Å²) in [7, 11) is 0. The number of rotatable bonds is 2. The van der Waals surface area contributed by atoms with E-state index in [2.05, 4.69) is 0 Å². The molecular weight excluding hydrogens is 143 g/mol. The molecule has 0 saturated heterocycles. The second kappa shape index (κ2) is 5.20. The van der Waals surface area contributed by atoms with Crippen LogP contribution in [0.15, 0.2) is 22.7 Å². The van der Waals surface area contributed by atoms with E-state index in [9.17, 15) is 0 Å². The summed E-state index contributed by atoms with van der Waals surface area (Å²) in [5, 5.41) is 0.697. The van der Waals surface area contributed by atoms with Gasteiger partial charge in [-0.15, -0.1) is 0 Å². The third-order valence-corrected chi connectivity index (χ3v) is 1.03. The maximum absolute atomic E-state index is 5.57. The van der Waals surface area contributed by atoms with Gasteiger partial charge in [0, 0.05) is 10.6 Å². The maximum Gasteiger partial charge on any atom is 0.0374 e. The molecule has 2 heteroatoms. The van der Waals surface area contributed by atoms with Gasteiger partial charge in [-0.2, -0.15) is 0 Å². The van der Waals surface area contributed by atoms with E-state index in [4.69, 9.17) is 23.2 Å². The van der Waals surface area contributed by atoms with E-state index in [1.54, 1.807) is 6.08 Å². The number of halogens is 2. The molecule has 8 heavy (non-hydrogen) atoms. The fourth-order valence-electron chi connectivity index (χ4n) is 0.323. The molecule has 0 rings (SSSR count). The van der Waals surface area contributed by atoms with Crippen LogP contribution in [0, 0.1) is 0 Å². The normalized spacial score (nSPS) is 13.1. The molecule has 0 atom stereocenters. The van der Waals surface area contributed by atoms with Gasteiger partial charge in [0.05, 0.1) is 0 Å². The van der Waals surface area contributed by atoms with Crippen LogP contribution in [0.3, 0.4) is 0 Å². The molecule has 0 unspecified atom stereocenters. The molecule has 0 spiro atoms. The molecule has 0 aromatic heterocycles. The minimum Gasteiger partial charge on any atom is -0.0929 e. The van der Waals surface area contributed by atoms with Crippen LogP contribution in [0.5, 0.6) is 0 Å². The topological polar surface area (TPSA) is 0 Å². The van der Waals surface area contributed by atoms with Crippen LogP contribution < -0.4 is 0 Å². The van der Waals surface area contributed by atoms with Crippen LogP contribution in [0.2, 0.25) is 0 Å². The summed E-state index contributed by atoms with van der Waals surface area (Å²) in [6.07, 6.45) is 4.48. The lowest BCUT2D eigenvalue weighted by atomic mass is 10.4. The standard InChI is InChI=1S/C6H8Cl2/c1-2-3-6(8)4-5-7/h3-5H,2H2,1H3/b5-4+,6-3+. The van der Waals surface area contributed by atoms with Gasteiger partial charge in [-0.05, 0) is 12.5 Å². The van der Waals surface area contributed by atoms with Gasteiger partial charge >= 0.3 is 0 Å². The Morgan fingerprint density at radius 3 is 2.62 bits per heavy atom. The van der Waals surface area contributed by atoms with E-state index in [1.165, 1.54) is 5.54 Å². The first-order valence-corrected chi connectivity index (χ1v) is 3.25. The number of hydrogen-bond donors (Lipinski definition) is 0. The summed E-state index contributed by atoms with van der Waals surface area (Å²) in [4.78, 5) is 0. The van der Waals surface area contributed by atoms with Crippen molar-refractivity contribution in [1.82, 2.24) is 0 Å². The van der Waals surface area contributed by atoms with E-state index in [-0.39, 0.29) is 0 Å². The zero-order valence-electron chi connectivity index (χ0n) is 4.70. The molecule has 0 nitrogen and oxygen atoms in total. The number of allylic oxidation sites excluding steroid dienone is 3. The number of hydrogen-bond acceptors (Lipinski definition) is 0. The lowest BCUT2D eigenvalue weighted by molar-refractivity contribution is 1.22. The van der Waals surface area contributed by atoms with E-state index >= 15 is 0 Å². The second-order valence-corrected chi connectivity index (χ2v) is 1.98. The zero-order valence-corrected chi connectivity index (χ0v) is 6.21. The molecule has 0 aromatic rings. The Hall–Kier alpha value is 0.0600.